The van der Waals surface area contributed by atoms with Crippen LogP contribution in [0.3, 0.4) is 0 Å². The van der Waals surface area contributed by atoms with Crippen LogP contribution in [0.15, 0.2) is 16.6 Å². The van der Waals surface area contributed by atoms with Gasteiger partial charge in [0.05, 0.1) is 13.2 Å². The van der Waals surface area contributed by atoms with Crippen molar-refractivity contribution in [2.45, 2.75) is 20.3 Å². The smallest absolute Gasteiger partial charge is 0.191 e. The third-order valence-corrected chi connectivity index (χ3v) is 2.29. The minimum atomic E-state index is 0. The van der Waals surface area contributed by atoms with Crippen molar-refractivity contribution >= 4 is 29.9 Å². The van der Waals surface area contributed by atoms with E-state index in [1.165, 1.54) is 5.57 Å². The van der Waals surface area contributed by atoms with E-state index in [0.717, 1.165) is 39.3 Å². The molecule has 0 atom stereocenters. The van der Waals surface area contributed by atoms with Crippen molar-refractivity contribution in [2.24, 2.45) is 10.7 Å². The molecule has 1 aliphatic heterocycles. The van der Waals surface area contributed by atoms with E-state index in [0.29, 0.717) is 5.96 Å². The van der Waals surface area contributed by atoms with Crippen LogP contribution in [0.1, 0.15) is 20.3 Å². The molecule has 0 aromatic rings. The van der Waals surface area contributed by atoms with E-state index >= 15 is 0 Å². The Balaban J connectivity index is 0.00000225. The van der Waals surface area contributed by atoms with Gasteiger partial charge in [-0.15, -0.1) is 24.0 Å². The number of allylic oxidation sites excluding steroid dienone is 1. The van der Waals surface area contributed by atoms with Gasteiger partial charge in [-0.25, -0.2) is 0 Å². The van der Waals surface area contributed by atoms with Gasteiger partial charge in [0.2, 0.25) is 0 Å². The van der Waals surface area contributed by atoms with Gasteiger partial charge in [-0.3, -0.25) is 4.99 Å². The second-order valence-corrected chi connectivity index (χ2v) is 3.91. The Kier molecular flexibility index (Phi) is 8.64. The summed E-state index contributed by atoms with van der Waals surface area (Å²) < 4.78 is 5.25. The highest BCUT2D eigenvalue weighted by Crippen LogP contribution is 1.97. The van der Waals surface area contributed by atoms with E-state index in [-0.39, 0.29) is 24.0 Å². The third-order valence-electron chi connectivity index (χ3n) is 2.29. The molecule has 0 amide bonds. The molecule has 0 unspecified atom stereocenters. The Morgan fingerprint density at radius 3 is 2.56 bits per heavy atom. The van der Waals surface area contributed by atoms with Crippen LogP contribution >= 0.6 is 24.0 Å². The first-order chi connectivity index (χ1) is 7.20. The van der Waals surface area contributed by atoms with Gasteiger partial charge in [-0.2, -0.15) is 0 Å². The highest BCUT2D eigenvalue weighted by atomic mass is 127. The maximum Gasteiger partial charge on any atom is 0.191 e. The number of guanidine groups is 1. The third kappa shape index (κ3) is 6.32. The number of morpholine rings is 1. The van der Waals surface area contributed by atoms with Crippen molar-refractivity contribution < 1.29 is 4.74 Å². The molecule has 4 nitrogen and oxygen atoms in total. The zero-order chi connectivity index (χ0) is 11.1. The number of nitrogens with two attached hydrogens (primary N) is 1. The average Bonchev–Trinajstić information content (AvgIpc) is 2.25. The van der Waals surface area contributed by atoms with Crippen LogP contribution in [0, 0.1) is 0 Å². The second kappa shape index (κ2) is 8.81. The first kappa shape index (κ1) is 15.7. The van der Waals surface area contributed by atoms with Crippen LogP contribution in [-0.4, -0.2) is 43.7 Å². The maximum absolute atomic E-state index is 5.86. The van der Waals surface area contributed by atoms with Gasteiger partial charge in [-0.05, 0) is 20.3 Å². The van der Waals surface area contributed by atoms with E-state index in [1.807, 2.05) is 0 Å². The summed E-state index contributed by atoms with van der Waals surface area (Å²) in [6.07, 6.45) is 3.14. The SMILES string of the molecule is CC(C)=CCCN=C(N)N1CCOCC1.I. The summed E-state index contributed by atoms with van der Waals surface area (Å²) in [6.45, 7) is 8.18. The van der Waals surface area contributed by atoms with Crippen LogP contribution < -0.4 is 5.73 Å². The Morgan fingerprint density at radius 2 is 2.00 bits per heavy atom. The van der Waals surface area contributed by atoms with Crippen LogP contribution in [0.2, 0.25) is 0 Å². The molecule has 0 aromatic heterocycles. The van der Waals surface area contributed by atoms with Crippen LogP contribution in [0.4, 0.5) is 0 Å². The molecule has 0 radical (unpaired) electrons. The fraction of sp³-hybridized carbons (Fsp3) is 0.727. The van der Waals surface area contributed by atoms with E-state index in [1.54, 1.807) is 0 Å². The van der Waals surface area contributed by atoms with Crippen LogP contribution in [0.25, 0.3) is 0 Å². The van der Waals surface area contributed by atoms with Crippen molar-refractivity contribution in [1.82, 2.24) is 4.90 Å². The molecule has 0 bridgehead atoms. The number of hydrogen-bond acceptors (Lipinski definition) is 2. The average molecular weight is 339 g/mol. The van der Waals surface area contributed by atoms with Gasteiger partial charge < -0.3 is 15.4 Å². The van der Waals surface area contributed by atoms with Crippen LogP contribution in [0.5, 0.6) is 0 Å². The standard InChI is InChI=1S/C11H21N3O.HI/c1-10(2)4-3-5-13-11(12)14-6-8-15-9-7-14;/h4H,3,5-9H2,1-2H3,(H2,12,13);1H. The summed E-state index contributed by atoms with van der Waals surface area (Å²) in [5.41, 5.74) is 7.19. The van der Waals surface area contributed by atoms with Crippen molar-refractivity contribution in [3.8, 4) is 0 Å². The fourth-order valence-electron chi connectivity index (χ4n) is 1.42. The Morgan fingerprint density at radius 1 is 1.38 bits per heavy atom. The fourth-order valence-corrected chi connectivity index (χ4v) is 1.42. The molecule has 0 aliphatic carbocycles. The Labute approximate surface area is 115 Å². The molecule has 16 heavy (non-hydrogen) atoms. The van der Waals surface area contributed by atoms with E-state index < -0.39 is 0 Å². The first-order valence-corrected chi connectivity index (χ1v) is 5.46. The lowest BCUT2D eigenvalue weighted by molar-refractivity contribution is 0.0674. The Bertz CT molecular complexity index is 244. The van der Waals surface area contributed by atoms with Gasteiger partial charge in [0.15, 0.2) is 5.96 Å². The molecule has 0 spiro atoms. The number of nitrogens with zero attached hydrogens (tertiary/aromatic N) is 2. The molecule has 94 valence electrons. The van der Waals surface area contributed by atoms with Crippen molar-refractivity contribution in [3.05, 3.63) is 11.6 Å². The Hall–Kier alpha value is -0.300. The molecule has 1 fully saturated rings. The molecule has 2 N–H and O–H groups in total. The zero-order valence-electron chi connectivity index (χ0n) is 10.1. The van der Waals surface area contributed by atoms with Gasteiger partial charge >= 0.3 is 0 Å². The van der Waals surface area contributed by atoms with Gasteiger partial charge in [0.25, 0.3) is 0 Å². The first-order valence-electron chi connectivity index (χ1n) is 5.46. The van der Waals surface area contributed by atoms with E-state index in [2.05, 4.69) is 29.8 Å². The monoisotopic (exact) mass is 339 g/mol. The number of rotatable bonds is 3. The number of ether oxygens (including phenoxy) is 1. The molecule has 1 saturated heterocycles. The number of halogens is 1. The molecular weight excluding hydrogens is 317 g/mol. The largest absolute Gasteiger partial charge is 0.378 e. The van der Waals surface area contributed by atoms with Gasteiger partial charge in [0, 0.05) is 19.6 Å². The molecular formula is C11H22IN3O. The minimum absolute atomic E-state index is 0. The summed E-state index contributed by atoms with van der Waals surface area (Å²) in [7, 11) is 0. The topological polar surface area (TPSA) is 50.8 Å². The quantitative estimate of drug-likeness (QED) is 0.279. The van der Waals surface area contributed by atoms with E-state index in [4.69, 9.17) is 10.5 Å². The van der Waals surface area contributed by atoms with Crippen molar-refractivity contribution in [1.29, 1.82) is 0 Å². The molecule has 1 aliphatic rings. The molecule has 0 saturated carbocycles. The predicted molar refractivity (Wildman–Crippen MR) is 78.3 cm³/mol. The van der Waals surface area contributed by atoms with Gasteiger partial charge in [-0.1, -0.05) is 11.6 Å². The summed E-state index contributed by atoms with van der Waals surface area (Å²) >= 11 is 0. The lowest BCUT2D eigenvalue weighted by Gasteiger charge is -2.27. The predicted octanol–water partition coefficient (Wildman–Crippen LogP) is 1.61. The second-order valence-electron chi connectivity index (χ2n) is 3.91. The van der Waals surface area contributed by atoms with Crippen LogP contribution in [-0.2, 0) is 4.74 Å². The summed E-state index contributed by atoms with van der Waals surface area (Å²) in [5, 5.41) is 0. The lowest BCUT2D eigenvalue weighted by atomic mass is 10.3. The van der Waals surface area contributed by atoms with Gasteiger partial charge in [0.1, 0.15) is 0 Å². The molecule has 1 rings (SSSR count). The normalized spacial score (nSPS) is 16.6. The number of aliphatic imine (C=N–C) groups is 1. The molecule has 0 aromatic carbocycles. The maximum atomic E-state index is 5.86. The number of hydrogen-bond donors (Lipinski definition) is 1. The molecule has 5 heteroatoms. The van der Waals surface area contributed by atoms with Crippen molar-refractivity contribution in [2.75, 3.05) is 32.8 Å². The highest BCUT2D eigenvalue weighted by molar-refractivity contribution is 14.0. The lowest BCUT2D eigenvalue weighted by Crippen LogP contribution is -2.44. The zero-order valence-corrected chi connectivity index (χ0v) is 12.4. The summed E-state index contributed by atoms with van der Waals surface area (Å²) in [4.78, 5) is 6.42. The highest BCUT2D eigenvalue weighted by Gasteiger charge is 2.11. The van der Waals surface area contributed by atoms with E-state index in [9.17, 15) is 0 Å². The minimum Gasteiger partial charge on any atom is -0.378 e. The summed E-state index contributed by atoms with van der Waals surface area (Å²) in [6, 6.07) is 0. The van der Waals surface area contributed by atoms with Crippen molar-refractivity contribution in [3.63, 3.8) is 0 Å². The summed E-state index contributed by atoms with van der Waals surface area (Å²) in [5.74, 6) is 0.653. The molecule has 1 heterocycles.